The number of hydrogen-bond donors (Lipinski definition) is 0. The van der Waals surface area contributed by atoms with Gasteiger partial charge in [-0.3, -0.25) is 9.78 Å². The number of ketones is 1. The molecule has 1 aromatic rings. The molecule has 2 atom stereocenters. The molecule has 1 aliphatic carbocycles. The largest absolute Gasteiger partial charge is 0.298 e. The Bertz CT molecular complexity index is 383. The average molecular weight is 286 g/mol. The molecule has 1 saturated carbocycles. The Morgan fingerprint density at radius 2 is 2.40 bits per heavy atom. The molecule has 1 heterocycles. The van der Waals surface area contributed by atoms with E-state index in [4.69, 9.17) is 0 Å². The minimum Gasteiger partial charge on any atom is -0.298 e. The molecule has 4 heteroatoms. The van der Waals surface area contributed by atoms with Gasteiger partial charge in [0.2, 0.25) is 0 Å². The lowest BCUT2D eigenvalue weighted by molar-refractivity contribution is -0.118. The third kappa shape index (κ3) is 3.05. The first-order valence-corrected chi connectivity index (χ1v) is 6.71. The number of carbonyl (C=O) groups excluding carboxylic acids is 1. The number of nitrogens with zero attached hydrogens (tertiary/aromatic N) is 1. The third-order valence-electron chi connectivity index (χ3n) is 2.58. The van der Waals surface area contributed by atoms with Crippen molar-refractivity contribution in [2.45, 2.75) is 18.2 Å². The lowest BCUT2D eigenvalue weighted by Crippen LogP contribution is -2.04. The Balaban J connectivity index is 1.85. The Hall–Kier alpha value is -0.350. The van der Waals surface area contributed by atoms with Crippen LogP contribution in [0.3, 0.4) is 0 Å². The van der Waals surface area contributed by atoms with Gasteiger partial charge in [-0.05, 0) is 34.3 Å². The van der Waals surface area contributed by atoms with Gasteiger partial charge in [0, 0.05) is 27.7 Å². The maximum atomic E-state index is 11.6. The number of thioether (sulfide) groups is 1. The Labute approximate surface area is 102 Å². The highest BCUT2D eigenvalue weighted by atomic mass is 79.9. The molecular formula is C11H12BrNOS. The van der Waals surface area contributed by atoms with Crippen molar-refractivity contribution in [3.8, 4) is 0 Å². The molecule has 0 spiro atoms. The number of pyridine rings is 1. The summed E-state index contributed by atoms with van der Waals surface area (Å²) in [4.78, 5) is 16.7. The van der Waals surface area contributed by atoms with E-state index in [-0.39, 0.29) is 0 Å². The van der Waals surface area contributed by atoms with E-state index in [2.05, 4.69) is 27.8 Å². The van der Waals surface area contributed by atoms with Crippen LogP contribution in [-0.4, -0.2) is 16.5 Å². The van der Waals surface area contributed by atoms with Crippen molar-refractivity contribution in [1.29, 1.82) is 0 Å². The zero-order valence-corrected chi connectivity index (χ0v) is 10.8. The van der Waals surface area contributed by atoms with Crippen LogP contribution in [0.1, 0.15) is 13.3 Å². The third-order valence-corrected chi connectivity index (χ3v) is 4.00. The number of carbonyl (C=O) groups is 1. The van der Waals surface area contributed by atoms with E-state index < -0.39 is 0 Å². The van der Waals surface area contributed by atoms with Gasteiger partial charge in [-0.1, -0.05) is 6.92 Å². The second-order valence-electron chi connectivity index (χ2n) is 3.91. The van der Waals surface area contributed by atoms with Crippen molar-refractivity contribution in [2.24, 2.45) is 11.8 Å². The van der Waals surface area contributed by atoms with E-state index in [0.29, 0.717) is 23.4 Å². The second kappa shape index (κ2) is 4.66. The van der Waals surface area contributed by atoms with Gasteiger partial charge in [-0.25, -0.2) is 0 Å². The van der Waals surface area contributed by atoms with E-state index in [9.17, 15) is 4.79 Å². The summed E-state index contributed by atoms with van der Waals surface area (Å²) in [5.41, 5.74) is 0. The topological polar surface area (TPSA) is 30.0 Å². The molecule has 1 aliphatic rings. The van der Waals surface area contributed by atoms with Crippen LogP contribution in [0.15, 0.2) is 27.8 Å². The molecule has 0 bridgehead atoms. The van der Waals surface area contributed by atoms with Crippen molar-refractivity contribution in [3.63, 3.8) is 0 Å². The van der Waals surface area contributed by atoms with E-state index in [0.717, 1.165) is 15.8 Å². The van der Waals surface area contributed by atoms with Crippen LogP contribution in [0.4, 0.5) is 0 Å². The summed E-state index contributed by atoms with van der Waals surface area (Å²) in [6.07, 6.45) is 4.62. The lowest BCUT2D eigenvalue weighted by atomic mass is 10.2. The van der Waals surface area contributed by atoms with Crippen LogP contribution < -0.4 is 0 Å². The van der Waals surface area contributed by atoms with E-state index in [1.807, 2.05) is 6.07 Å². The molecular weight excluding hydrogens is 274 g/mol. The summed E-state index contributed by atoms with van der Waals surface area (Å²) in [7, 11) is 0. The first-order valence-electron chi connectivity index (χ1n) is 4.93. The molecule has 1 aromatic heterocycles. The van der Waals surface area contributed by atoms with Gasteiger partial charge < -0.3 is 0 Å². The molecule has 0 aromatic carbocycles. The maximum absolute atomic E-state index is 11.6. The molecule has 0 aliphatic heterocycles. The minimum absolute atomic E-state index is 0.331. The van der Waals surface area contributed by atoms with Crippen molar-refractivity contribution < 1.29 is 4.79 Å². The highest BCUT2D eigenvalue weighted by Crippen LogP contribution is 2.39. The fourth-order valence-electron chi connectivity index (χ4n) is 1.50. The molecule has 2 rings (SSSR count). The predicted octanol–water partition coefficient (Wildman–Crippen LogP) is 3.16. The average Bonchev–Trinajstić information content (AvgIpc) is 2.92. The van der Waals surface area contributed by atoms with Gasteiger partial charge >= 0.3 is 0 Å². The Kier molecular flexibility index (Phi) is 3.46. The highest BCUT2D eigenvalue weighted by molar-refractivity contribution is 9.10. The van der Waals surface area contributed by atoms with Gasteiger partial charge in [-0.15, -0.1) is 11.8 Å². The summed E-state index contributed by atoms with van der Waals surface area (Å²) in [6.45, 7) is 2.13. The van der Waals surface area contributed by atoms with Gasteiger partial charge in [0.1, 0.15) is 5.78 Å². The van der Waals surface area contributed by atoms with Gasteiger partial charge in [-0.2, -0.15) is 0 Å². The van der Waals surface area contributed by atoms with Crippen molar-refractivity contribution >= 4 is 33.5 Å². The molecule has 1 fully saturated rings. The van der Waals surface area contributed by atoms with E-state index in [1.165, 1.54) is 0 Å². The highest BCUT2D eigenvalue weighted by Gasteiger charge is 2.38. The minimum atomic E-state index is 0.331. The number of rotatable bonds is 4. The second-order valence-corrected chi connectivity index (χ2v) is 5.88. The zero-order valence-electron chi connectivity index (χ0n) is 8.44. The first-order chi connectivity index (χ1) is 7.16. The monoisotopic (exact) mass is 285 g/mol. The van der Waals surface area contributed by atoms with Crippen molar-refractivity contribution in [2.75, 3.05) is 5.75 Å². The number of aromatic nitrogens is 1. The van der Waals surface area contributed by atoms with Crippen LogP contribution in [0.25, 0.3) is 0 Å². The van der Waals surface area contributed by atoms with Gasteiger partial charge in [0.15, 0.2) is 0 Å². The number of Topliss-reactive ketones (excluding diaryl/α,β-unsaturated/α-hetero) is 1. The Morgan fingerprint density at radius 3 is 3.00 bits per heavy atom. The summed E-state index contributed by atoms with van der Waals surface area (Å²) in [6, 6.07) is 1.99. The number of hydrogen-bond acceptors (Lipinski definition) is 3. The molecule has 0 N–H and O–H groups in total. The summed E-state index contributed by atoms with van der Waals surface area (Å²) in [5.74, 6) is 1.90. The predicted molar refractivity (Wildman–Crippen MR) is 64.9 cm³/mol. The molecule has 2 nitrogen and oxygen atoms in total. The normalized spacial score (nSPS) is 23.9. The summed E-state index contributed by atoms with van der Waals surface area (Å²) >= 11 is 4.93. The van der Waals surface area contributed by atoms with Crippen LogP contribution in [0.2, 0.25) is 0 Å². The van der Waals surface area contributed by atoms with Crippen LogP contribution >= 0.6 is 27.7 Å². The van der Waals surface area contributed by atoms with Crippen LogP contribution in [0, 0.1) is 11.8 Å². The molecule has 2 unspecified atom stereocenters. The quantitative estimate of drug-likeness (QED) is 0.796. The zero-order chi connectivity index (χ0) is 10.8. The van der Waals surface area contributed by atoms with Crippen molar-refractivity contribution in [3.05, 3.63) is 22.9 Å². The number of halogens is 1. The molecule has 0 radical (unpaired) electrons. The fourth-order valence-corrected chi connectivity index (χ4v) is 2.89. The SMILES string of the molecule is CC1CC1C(=O)CSc1cncc(Br)c1. The van der Waals surface area contributed by atoms with Gasteiger partial charge in [0.25, 0.3) is 0 Å². The Morgan fingerprint density at radius 1 is 1.67 bits per heavy atom. The molecule has 0 saturated heterocycles. The van der Waals surface area contributed by atoms with E-state index in [1.54, 1.807) is 24.2 Å². The standard InChI is InChI=1S/C11H12BrNOS/c1-7-2-10(7)11(14)6-15-9-3-8(12)4-13-5-9/h3-5,7,10H,2,6H2,1H3. The molecule has 80 valence electrons. The molecule has 0 amide bonds. The smallest absolute Gasteiger partial charge is 0.146 e. The van der Waals surface area contributed by atoms with Crippen molar-refractivity contribution in [1.82, 2.24) is 4.98 Å². The first kappa shape index (κ1) is 11.1. The fraction of sp³-hybridized carbons (Fsp3) is 0.455. The molecule has 15 heavy (non-hydrogen) atoms. The lowest BCUT2D eigenvalue weighted by Gasteiger charge is -2.00. The summed E-state index contributed by atoms with van der Waals surface area (Å²) < 4.78 is 0.958. The summed E-state index contributed by atoms with van der Waals surface area (Å²) in [5, 5.41) is 0. The van der Waals surface area contributed by atoms with Crippen LogP contribution in [-0.2, 0) is 4.79 Å². The van der Waals surface area contributed by atoms with Gasteiger partial charge in [0.05, 0.1) is 5.75 Å². The maximum Gasteiger partial charge on any atom is 0.146 e. The van der Waals surface area contributed by atoms with E-state index >= 15 is 0 Å². The van der Waals surface area contributed by atoms with Crippen LogP contribution in [0.5, 0.6) is 0 Å².